The lowest BCUT2D eigenvalue weighted by atomic mass is 10.1. The first-order valence-electron chi connectivity index (χ1n) is 5.94. The van der Waals surface area contributed by atoms with Gasteiger partial charge in [0.2, 0.25) is 0 Å². The number of nitrogens with one attached hydrogen (secondary N) is 1. The molecule has 1 fully saturated rings. The summed E-state index contributed by atoms with van der Waals surface area (Å²) in [5.74, 6) is -0.410. The van der Waals surface area contributed by atoms with E-state index in [1.54, 1.807) is 12.1 Å². The van der Waals surface area contributed by atoms with Crippen LogP contribution < -0.4 is 10.2 Å². The minimum Gasteiger partial charge on any atom is -0.368 e. The molecular weight excluding hydrogens is 219 g/mol. The van der Waals surface area contributed by atoms with E-state index in [1.807, 2.05) is 4.90 Å². The molecule has 2 rings (SSSR count). The second-order valence-corrected chi connectivity index (χ2v) is 4.31. The van der Waals surface area contributed by atoms with Crippen LogP contribution in [0, 0.1) is 5.82 Å². The summed E-state index contributed by atoms with van der Waals surface area (Å²) in [6.07, 6.45) is 1.01. The number of hydrogen-bond donors (Lipinski definition) is 1. The molecule has 0 spiro atoms. The number of carbonyl (C=O) groups is 1. The van der Waals surface area contributed by atoms with Crippen LogP contribution >= 0.6 is 0 Å². The van der Waals surface area contributed by atoms with E-state index in [1.165, 1.54) is 13.0 Å². The van der Waals surface area contributed by atoms with Crippen molar-refractivity contribution in [3.8, 4) is 0 Å². The van der Waals surface area contributed by atoms with Crippen molar-refractivity contribution in [3.63, 3.8) is 0 Å². The van der Waals surface area contributed by atoms with Gasteiger partial charge in [-0.15, -0.1) is 0 Å². The second-order valence-electron chi connectivity index (χ2n) is 4.31. The molecule has 4 heteroatoms. The summed E-state index contributed by atoms with van der Waals surface area (Å²) in [4.78, 5) is 13.2. The van der Waals surface area contributed by atoms with Crippen molar-refractivity contribution in [2.24, 2.45) is 0 Å². The van der Waals surface area contributed by atoms with E-state index in [4.69, 9.17) is 0 Å². The minimum atomic E-state index is -0.306. The molecule has 17 heavy (non-hydrogen) atoms. The zero-order valence-corrected chi connectivity index (χ0v) is 10.0. The molecule has 0 amide bonds. The highest BCUT2D eigenvalue weighted by molar-refractivity contribution is 5.94. The quantitative estimate of drug-likeness (QED) is 0.795. The third kappa shape index (κ3) is 2.82. The van der Waals surface area contributed by atoms with E-state index in [-0.39, 0.29) is 11.6 Å². The van der Waals surface area contributed by atoms with Gasteiger partial charge in [0, 0.05) is 25.2 Å². The van der Waals surface area contributed by atoms with Crippen molar-refractivity contribution in [2.75, 3.05) is 31.1 Å². The number of carbonyl (C=O) groups excluding carboxylic acids is 1. The second kappa shape index (κ2) is 5.27. The summed E-state index contributed by atoms with van der Waals surface area (Å²) < 4.78 is 13.9. The van der Waals surface area contributed by atoms with Crippen LogP contribution in [0.5, 0.6) is 0 Å². The molecule has 1 heterocycles. The number of ketones is 1. The third-order valence-corrected chi connectivity index (χ3v) is 3.03. The first-order chi connectivity index (χ1) is 8.18. The standard InChI is InChI=1S/C13H17FN2O/c1-10(17)11-3-4-13(12(14)9-11)16-7-2-5-15-6-8-16/h3-4,9,15H,2,5-8H2,1H3. The topological polar surface area (TPSA) is 32.3 Å². The molecule has 0 radical (unpaired) electrons. The van der Waals surface area contributed by atoms with Crippen molar-refractivity contribution in [2.45, 2.75) is 13.3 Å². The number of hydrogen-bond acceptors (Lipinski definition) is 3. The van der Waals surface area contributed by atoms with Gasteiger partial charge in [-0.2, -0.15) is 0 Å². The number of rotatable bonds is 2. The number of Topliss-reactive ketones (excluding diaryl/α,β-unsaturated/α-hetero) is 1. The molecule has 3 nitrogen and oxygen atoms in total. The van der Waals surface area contributed by atoms with Gasteiger partial charge >= 0.3 is 0 Å². The number of benzene rings is 1. The molecule has 0 aliphatic carbocycles. The number of nitrogens with zero attached hydrogens (tertiary/aromatic N) is 1. The summed E-state index contributed by atoms with van der Waals surface area (Å²) in [5, 5.41) is 3.28. The van der Waals surface area contributed by atoms with E-state index in [9.17, 15) is 9.18 Å². The molecule has 1 saturated heterocycles. The van der Waals surface area contributed by atoms with E-state index in [0.717, 1.165) is 32.6 Å². The molecule has 1 aliphatic heterocycles. The summed E-state index contributed by atoms with van der Waals surface area (Å²) in [7, 11) is 0. The van der Waals surface area contributed by atoms with E-state index >= 15 is 0 Å². The third-order valence-electron chi connectivity index (χ3n) is 3.03. The first kappa shape index (κ1) is 12.0. The van der Waals surface area contributed by atoms with Crippen LogP contribution in [0.3, 0.4) is 0 Å². The van der Waals surface area contributed by atoms with Gasteiger partial charge in [0.15, 0.2) is 5.78 Å². The Morgan fingerprint density at radius 3 is 2.88 bits per heavy atom. The molecular formula is C13H17FN2O. The average Bonchev–Trinajstić information content (AvgIpc) is 2.57. The van der Waals surface area contributed by atoms with Gasteiger partial charge in [0.25, 0.3) is 0 Å². The first-order valence-corrected chi connectivity index (χ1v) is 5.94. The van der Waals surface area contributed by atoms with Gasteiger partial charge < -0.3 is 10.2 Å². The van der Waals surface area contributed by atoms with Crippen LogP contribution in [0.15, 0.2) is 18.2 Å². The Bertz CT molecular complexity index is 412. The SMILES string of the molecule is CC(=O)c1ccc(N2CCCNCC2)c(F)c1. The Hall–Kier alpha value is -1.42. The molecule has 92 valence electrons. The highest BCUT2D eigenvalue weighted by Crippen LogP contribution is 2.21. The predicted molar refractivity (Wildman–Crippen MR) is 66.1 cm³/mol. The van der Waals surface area contributed by atoms with E-state index in [0.29, 0.717) is 11.3 Å². The average molecular weight is 236 g/mol. The fourth-order valence-electron chi connectivity index (χ4n) is 2.07. The maximum atomic E-state index is 13.9. The Morgan fingerprint density at radius 2 is 2.18 bits per heavy atom. The number of halogens is 1. The monoisotopic (exact) mass is 236 g/mol. The van der Waals surface area contributed by atoms with Crippen LogP contribution in [-0.4, -0.2) is 32.0 Å². The smallest absolute Gasteiger partial charge is 0.159 e. The van der Waals surface area contributed by atoms with Gasteiger partial charge in [-0.05, 0) is 38.1 Å². The van der Waals surface area contributed by atoms with Crippen molar-refractivity contribution in [3.05, 3.63) is 29.6 Å². The van der Waals surface area contributed by atoms with Crippen LogP contribution in [0.4, 0.5) is 10.1 Å². The van der Waals surface area contributed by atoms with Gasteiger partial charge in [-0.25, -0.2) is 4.39 Å². The summed E-state index contributed by atoms with van der Waals surface area (Å²) >= 11 is 0. The van der Waals surface area contributed by atoms with Crippen molar-refractivity contribution in [1.29, 1.82) is 0 Å². The predicted octanol–water partition coefficient (Wildman–Crippen LogP) is 1.83. The van der Waals surface area contributed by atoms with Gasteiger partial charge in [0.1, 0.15) is 5.82 Å². The van der Waals surface area contributed by atoms with E-state index in [2.05, 4.69) is 5.32 Å². The highest BCUT2D eigenvalue weighted by atomic mass is 19.1. The highest BCUT2D eigenvalue weighted by Gasteiger charge is 2.14. The van der Waals surface area contributed by atoms with Gasteiger partial charge in [-0.1, -0.05) is 0 Å². The summed E-state index contributed by atoms with van der Waals surface area (Å²) in [6.45, 7) is 4.95. The van der Waals surface area contributed by atoms with Crippen LogP contribution in [0.25, 0.3) is 0 Å². The van der Waals surface area contributed by atoms with Crippen LogP contribution in [0.2, 0.25) is 0 Å². The fraction of sp³-hybridized carbons (Fsp3) is 0.462. The Labute approximate surface area is 101 Å². The maximum absolute atomic E-state index is 13.9. The molecule has 0 saturated carbocycles. The van der Waals surface area contributed by atoms with E-state index < -0.39 is 0 Å². The molecule has 0 atom stereocenters. The van der Waals surface area contributed by atoms with Crippen LogP contribution in [0.1, 0.15) is 23.7 Å². The zero-order valence-electron chi connectivity index (χ0n) is 10.0. The molecule has 1 aromatic rings. The van der Waals surface area contributed by atoms with Crippen molar-refractivity contribution in [1.82, 2.24) is 5.32 Å². The van der Waals surface area contributed by atoms with Crippen molar-refractivity contribution >= 4 is 11.5 Å². The molecule has 1 N–H and O–H groups in total. The fourth-order valence-corrected chi connectivity index (χ4v) is 2.07. The molecule has 1 aromatic carbocycles. The largest absolute Gasteiger partial charge is 0.368 e. The van der Waals surface area contributed by atoms with Crippen molar-refractivity contribution < 1.29 is 9.18 Å². The molecule has 0 unspecified atom stereocenters. The lowest BCUT2D eigenvalue weighted by molar-refractivity contribution is 0.101. The minimum absolute atomic E-state index is 0.104. The van der Waals surface area contributed by atoms with Gasteiger partial charge in [0.05, 0.1) is 5.69 Å². The molecule has 1 aliphatic rings. The Balaban J connectivity index is 2.22. The lowest BCUT2D eigenvalue weighted by Gasteiger charge is -2.23. The molecule has 0 aromatic heterocycles. The Morgan fingerprint density at radius 1 is 1.35 bits per heavy atom. The molecule has 0 bridgehead atoms. The van der Waals surface area contributed by atoms with Crippen LogP contribution in [-0.2, 0) is 0 Å². The normalized spacial score (nSPS) is 16.7. The summed E-state index contributed by atoms with van der Waals surface area (Å²) in [6, 6.07) is 4.73. The zero-order chi connectivity index (χ0) is 12.3. The van der Waals surface area contributed by atoms with Gasteiger partial charge in [-0.3, -0.25) is 4.79 Å². The maximum Gasteiger partial charge on any atom is 0.159 e. The summed E-state index contributed by atoms with van der Waals surface area (Å²) in [5.41, 5.74) is 1.03. The Kier molecular flexibility index (Phi) is 3.74. The number of anilines is 1. The lowest BCUT2D eigenvalue weighted by Crippen LogP contribution is -2.28.